The van der Waals surface area contributed by atoms with Crippen LogP contribution >= 0.6 is 0 Å². The first kappa shape index (κ1) is 22.2. The van der Waals surface area contributed by atoms with Crippen LogP contribution in [0.3, 0.4) is 0 Å². The van der Waals surface area contributed by atoms with E-state index >= 15 is 0 Å². The van der Waals surface area contributed by atoms with Gasteiger partial charge in [-0.05, 0) is 59.7 Å². The van der Waals surface area contributed by atoms with Gasteiger partial charge in [-0.3, -0.25) is 0 Å². The molecule has 1 aliphatic carbocycles. The Kier molecular flexibility index (Phi) is 5.82. The van der Waals surface area contributed by atoms with E-state index in [1.54, 1.807) is 0 Å². The van der Waals surface area contributed by atoms with Crippen molar-refractivity contribution in [2.45, 2.75) is 39.5 Å². The SMILES string of the molecule is Cc1cc(C)nc(Cc2nc(Cc3ccccc3)nc(Cc3ccc4c(c3)Cc3ccccc3-4)n2)n1. The van der Waals surface area contributed by atoms with Crippen molar-refractivity contribution in [3.8, 4) is 11.1 Å². The number of nitrogens with zero attached hydrogens (tertiary/aromatic N) is 5. The molecule has 0 radical (unpaired) electrons. The number of fused-ring (bicyclic) bond motifs is 3. The molecule has 0 N–H and O–H groups in total. The highest BCUT2D eigenvalue weighted by molar-refractivity contribution is 5.76. The molecule has 2 aromatic heterocycles. The van der Waals surface area contributed by atoms with Crippen molar-refractivity contribution >= 4 is 0 Å². The average Bonchev–Trinajstić information content (AvgIpc) is 3.22. The summed E-state index contributed by atoms with van der Waals surface area (Å²) in [7, 11) is 0. The maximum Gasteiger partial charge on any atom is 0.140 e. The zero-order valence-electron chi connectivity index (χ0n) is 20.6. The van der Waals surface area contributed by atoms with Crippen LogP contribution in [0, 0.1) is 13.8 Å². The van der Waals surface area contributed by atoms with Crippen molar-refractivity contribution in [1.29, 1.82) is 0 Å². The molecule has 5 aromatic rings. The molecule has 0 spiro atoms. The maximum absolute atomic E-state index is 4.87. The Balaban J connectivity index is 1.32. The van der Waals surface area contributed by atoms with Gasteiger partial charge in [0.2, 0.25) is 0 Å². The zero-order chi connectivity index (χ0) is 24.5. The molecule has 0 bridgehead atoms. The first-order valence-corrected chi connectivity index (χ1v) is 12.4. The molecule has 0 aliphatic heterocycles. The molecule has 0 amide bonds. The molecule has 5 heteroatoms. The molecule has 1 aliphatic rings. The fraction of sp³-hybridized carbons (Fsp3) is 0.194. The smallest absolute Gasteiger partial charge is 0.140 e. The Morgan fingerprint density at radius 2 is 1.08 bits per heavy atom. The van der Waals surface area contributed by atoms with Gasteiger partial charge in [-0.25, -0.2) is 24.9 Å². The average molecular weight is 470 g/mol. The van der Waals surface area contributed by atoms with Gasteiger partial charge in [0.05, 0.1) is 6.42 Å². The first-order chi connectivity index (χ1) is 17.6. The van der Waals surface area contributed by atoms with Crippen LogP contribution in [0.15, 0.2) is 78.9 Å². The summed E-state index contributed by atoms with van der Waals surface area (Å²) in [6.45, 7) is 3.98. The van der Waals surface area contributed by atoms with Crippen LogP contribution in [0.1, 0.15) is 56.9 Å². The summed E-state index contributed by atoms with van der Waals surface area (Å²) in [6.07, 6.45) is 2.79. The van der Waals surface area contributed by atoms with E-state index in [0.29, 0.717) is 25.1 Å². The number of aromatic nitrogens is 5. The van der Waals surface area contributed by atoms with Gasteiger partial charge < -0.3 is 0 Å². The van der Waals surface area contributed by atoms with Crippen molar-refractivity contribution in [2.75, 3.05) is 0 Å². The number of aryl methyl sites for hydroxylation is 2. The highest BCUT2D eigenvalue weighted by atomic mass is 15.0. The predicted octanol–water partition coefficient (Wildman–Crippen LogP) is 5.62. The molecular formula is C31H27N5. The normalized spacial score (nSPS) is 11.8. The molecule has 2 heterocycles. The summed E-state index contributed by atoms with van der Waals surface area (Å²) in [6, 6.07) is 27.7. The van der Waals surface area contributed by atoms with Gasteiger partial charge in [0.1, 0.15) is 23.3 Å². The van der Waals surface area contributed by atoms with Crippen LogP contribution in [0.2, 0.25) is 0 Å². The van der Waals surface area contributed by atoms with E-state index in [2.05, 4.69) is 64.6 Å². The predicted molar refractivity (Wildman–Crippen MR) is 141 cm³/mol. The van der Waals surface area contributed by atoms with Gasteiger partial charge in [-0.1, -0.05) is 72.8 Å². The second kappa shape index (κ2) is 9.42. The number of rotatable bonds is 6. The summed E-state index contributed by atoms with van der Waals surface area (Å²) in [5, 5.41) is 0. The van der Waals surface area contributed by atoms with Crippen molar-refractivity contribution in [1.82, 2.24) is 24.9 Å². The van der Waals surface area contributed by atoms with Crippen molar-refractivity contribution < 1.29 is 0 Å². The zero-order valence-corrected chi connectivity index (χ0v) is 20.6. The molecule has 0 saturated carbocycles. The van der Waals surface area contributed by atoms with E-state index in [1.165, 1.54) is 33.4 Å². The highest BCUT2D eigenvalue weighted by Crippen LogP contribution is 2.36. The minimum absolute atomic E-state index is 0.485. The summed E-state index contributed by atoms with van der Waals surface area (Å²) in [4.78, 5) is 23.7. The second-order valence-corrected chi connectivity index (χ2v) is 9.49. The number of hydrogen-bond acceptors (Lipinski definition) is 5. The Hall–Kier alpha value is -4.25. The Morgan fingerprint density at radius 1 is 0.500 bits per heavy atom. The molecule has 0 saturated heterocycles. The lowest BCUT2D eigenvalue weighted by atomic mass is 10.0. The van der Waals surface area contributed by atoms with E-state index in [1.807, 2.05) is 38.1 Å². The lowest BCUT2D eigenvalue weighted by Gasteiger charge is -2.09. The standard InChI is InChI=1S/C31H27N5/c1-20-14-21(2)33-30(32-20)19-31-35-28(16-22-8-4-3-5-9-22)34-29(36-31)17-23-12-13-27-25(15-23)18-24-10-6-7-11-26(24)27/h3-15H,16-19H2,1-2H3. The fourth-order valence-electron chi connectivity index (χ4n) is 5.05. The molecule has 3 aromatic carbocycles. The van der Waals surface area contributed by atoms with Crippen molar-refractivity contribution in [3.63, 3.8) is 0 Å². The molecule has 5 nitrogen and oxygen atoms in total. The third kappa shape index (κ3) is 4.78. The van der Waals surface area contributed by atoms with Crippen LogP contribution in [-0.2, 0) is 25.7 Å². The minimum atomic E-state index is 0.485. The second-order valence-electron chi connectivity index (χ2n) is 9.49. The molecule has 6 rings (SSSR count). The van der Waals surface area contributed by atoms with Gasteiger partial charge in [-0.2, -0.15) is 0 Å². The molecule has 176 valence electrons. The lowest BCUT2D eigenvalue weighted by Crippen LogP contribution is -2.11. The van der Waals surface area contributed by atoms with Crippen molar-refractivity contribution in [3.05, 3.63) is 136 Å². The topological polar surface area (TPSA) is 64.5 Å². The van der Waals surface area contributed by atoms with Crippen LogP contribution < -0.4 is 0 Å². The highest BCUT2D eigenvalue weighted by Gasteiger charge is 2.18. The van der Waals surface area contributed by atoms with E-state index in [0.717, 1.165) is 35.3 Å². The van der Waals surface area contributed by atoms with Crippen LogP contribution in [0.5, 0.6) is 0 Å². The lowest BCUT2D eigenvalue weighted by molar-refractivity contribution is 0.775. The monoisotopic (exact) mass is 469 g/mol. The number of benzene rings is 3. The van der Waals surface area contributed by atoms with E-state index in [9.17, 15) is 0 Å². The molecule has 0 atom stereocenters. The minimum Gasteiger partial charge on any atom is -0.238 e. The molecule has 0 fully saturated rings. The molecule has 0 unspecified atom stereocenters. The van der Waals surface area contributed by atoms with Gasteiger partial charge in [0, 0.05) is 24.2 Å². The fourth-order valence-corrected chi connectivity index (χ4v) is 5.05. The summed E-state index contributed by atoms with van der Waals surface area (Å²) in [5.41, 5.74) is 9.75. The van der Waals surface area contributed by atoms with Gasteiger partial charge >= 0.3 is 0 Å². The van der Waals surface area contributed by atoms with Gasteiger partial charge in [0.25, 0.3) is 0 Å². The molecule has 36 heavy (non-hydrogen) atoms. The Bertz CT molecular complexity index is 1540. The quantitative estimate of drug-likeness (QED) is 0.317. The van der Waals surface area contributed by atoms with Crippen LogP contribution in [0.4, 0.5) is 0 Å². The maximum atomic E-state index is 4.87. The Labute approximate surface area is 211 Å². The van der Waals surface area contributed by atoms with E-state index in [-0.39, 0.29) is 0 Å². The van der Waals surface area contributed by atoms with Crippen LogP contribution in [-0.4, -0.2) is 24.9 Å². The van der Waals surface area contributed by atoms with Gasteiger partial charge in [-0.15, -0.1) is 0 Å². The largest absolute Gasteiger partial charge is 0.238 e. The van der Waals surface area contributed by atoms with Gasteiger partial charge in [0.15, 0.2) is 0 Å². The Morgan fingerprint density at radius 3 is 1.83 bits per heavy atom. The third-order valence-electron chi connectivity index (χ3n) is 6.54. The first-order valence-electron chi connectivity index (χ1n) is 12.4. The molecular weight excluding hydrogens is 442 g/mol. The van der Waals surface area contributed by atoms with E-state index < -0.39 is 0 Å². The number of hydrogen-bond donors (Lipinski definition) is 0. The van der Waals surface area contributed by atoms with E-state index in [4.69, 9.17) is 15.0 Å². The summed E-state index contributed by atoms with van der Waals surface area (Å²) in [5.74, 6) is 3.01. The summed E-state index contributed by atoms with van der Waals surface area (Å²) < 4.78 is 0. The van der Waals surface area contributed by atoms with Crippen molar-refractivity contribution in [2.24, 2.45) is 0 Å². The summed E-state index contributed by atoms with van der Waals surface area (Å²) >= 11 is 0. The third-order valence-corrected chi connectivity index (χ3v) is 6.54. The van der Waals surface area contributed by atoms with Crippen LogP contribution in [0.25, 0.3) is 11.1 Å².